The van der Waals surface area contributed by atoms with Gasteiger partial charge in [-0.15, -0.1) is 0 Å². The maximum atomic E-state index is 11.7. The molecule has 3 nitrogen and oxygen atoms in total. The molecule has 4 heteroatoms. The summed E-state index contributed by atoms with van der Waals surface area (Å²) in [7, 11) is 0. The summed E-state index contributed by atoms with van der Waals surface area (Å²) in [6.07, 6.45) is 4.60. The van der Waals surface area contributed by atoms with Crippen LogP contribution in [0.1, 0.15) is 26.3 Å². The van der Waals surface area contributed by atoms with Crippen molar-refractivity contribution in [1.29, 1.82) is 0 Å². The van der Waals surface area contributed by atoms with Crippen LogP contribution in [-0.4, -0.2) is 34.8 Å². The molecule has 0 heterocycles. The van der Waals surface area contributed by atoms with Crippen molar-refractivity contribution in [3.8, 4) is 0 Å². The van der Waals surface area contributed by atoms with E-state index in [0.717, 1.165) is 5.56 Å². The lowest BCUT2D eigenvalue weighted by Crippen LogP contribution is -2.16. The molecule has 18 heavy (non-hydrogen) atoms. The van der Waals surface area contributed by atoms with Crippen molar-refractivity contribution >= 4 is 23.3 Å². The van der Waals surface area contributed by atoms with E-state index in [1.54, 1.807) is 30.0 Å². The Kier molecular flexibility index (Phi) is 3.99. The van der Waals surface area contributed by atoms with E-state index in [1.807, 2.05) is 6.26 Å². The zero-order valence-corrected chi connectivity index (χ0v) is 10.9. The summed E-state index contributed by atoms with van der Waals surface area (Å²) in [5.74, 6) is 0.371. The van der Waals surface area contributed by atoms with Crippen LogP contribution in [0.25, 0.3) is 0 Å². The number of carbonyl (C=O) groups excluding carboxylic acids is 2. The molecule has 1 N–H and O–H groups in total. The average molecular weight is 262 g/mol. The van der Waals surface area contributed by atoms with Crippen molar-refractivity contribution in [2.75, 3.05) is 12.0 Å². The normalized spacial score (nSPS) is 15.7. The zero-order chi connectivity index (χ0) is 13.1. The number of fused-ring (bicyclic) bond motifs is 1. The molecule has 1 atom stereocenters. The molecule has 0 bridgehead atoms. The molecule has 0 saturated carbocycles. The Hall–Kier alpha value is -1.39. The van der Waals surface area contributed by atoms with E-state index in [4.69, 9.17) is 0 Å². The first-order valence-electron chi connectivity index (χ1n) is 5.68. The zero-order valence-electron chi connectivity index (χ0n) is 10.1. The number of carbonyl (C=O) groups is 2. The van der Waals surface area contributed by atoms with Gasteiger partial charge in [-0.05, 0) is 36.5 Å². The van der Waals surface area contributed by atoms with Crippen LogP contribution in [0.5, 0.6) is 0 Å². The van der Waals surface area contributed by atoms with Gasteiger partial charge >= 0.3 is 0 Å². The van der Waals surface area contributed by atoms with Gasteiger partial charge in [0.1, 0.15) is 0 Å². The monoisotopic (exact) mass is 262 g/mol. The molecule has 0 aliphatic heterocycles. The lowest BCUT2D eigenvalue weighted by atomic mass is 9.92. The third-order valence-electron chi connectivity index (χ3n) is 2.83. The first kappa shape index (κ1) is 13.1. The molecule has 1 aromatic rings. The predicted octanol–water partition coefficient (Wildman–Crippen LogP) is 1.89. The second kappa shape index (κ2) is 5.50. The van der Waals surface area contributed by atoms with Crippen molar-refractivity contribution in [1.82, 2.24) is 0 Å². The number of ketones is 2. The van der Waals surface area contributed by atoms with Gasteiger partial charge < -0.3 is 5.11 Å². The number of benzene rings is 1. The third kappa shape index (κ3) is 2.71. The Morgan fingerprint density at radius 3 is 2.50 bits per heavy atom. The minimum absolute atomic E-state index is 0.138. The van der Waals surface area contributed by atoms with Crippen LogP contribution in [0.15, 0.2) is 30.4 Å². The first-order chi connectivity index (χ1) is 8.61. The minimum Gasteiger partial charge on any atom is -0.392 e. The highest BCUT2D eigenvalue weighted by Crippen LogP contribution is 2.19. The summed E-state index contributed by atoms with van der Waals surface area (Å²) in [6.45, 7) is 0. The number of aliphatic hydroxyl groups is 1. The quantitative estimate of drug-likeness (QED) is 0.900. The molecule has 0 fully saturated rings. The summed E-state index contributed by atoms with van der Waals surface area (Å²) in [5.41, 5.74) is 1.77. The Balaban J connectivity index is 2.25. The maximum absolute atomic E-state index is 11.7. The van der Waals surface area contributed by atoms with E-state index < -0.39 is 6.10 Å². The van der Waals surface area contributed by atoms with Gasteiger partial charge in [-0.1, -0.05) is 12.1 Å². The highest BCUT2D eigenvalue weighted by atomic mass is 32.2. The largest absolute Gasteiger partial charge is 0.392 e. The van der Waals surface area contributed by atoms with Gasteiger partial charge in [-0.2, -0.15) is 11.8 Å². The minimum atomic E-state index is -0.428. The number of aliphatic hydroxyl groups excluding tert-OH is 1. The highest BCUT2D eigenvalue weighted by molar-refractivity contribution is 7.98. The van der Waals surface area contributed by atoms with Crippen molar-refractivity contribution in [3.05, 3.63) is 47.0 Å². The van der Waals surface area contributed by atoms with Gasteiger partial charge in [0.15, 0.2) is 11.6 Å². The fraction of sp³-hybridized carbons (Fsp3) is 0.286. The van der Waals surface area contributed by atoms with Gasteiger partial charge in [-0.25, -0.2) is 0 Å². The first-order valence-corrected chi connectivity index (χ1v) is 7.08. The van der Waals surface area contributed by atoms with Gasteiger partial charge in [0.25, 0.3) is 0 Å². The summed E-state index contributed by atoms with van der Waals surface area (Å²) >= 11 is 1.58. The maximum Gasteiger partial charge on any atom is 0.186 e. The third-order valence-corrected chi connectivity index (χ3v) is 3.55. The Morgan fingerprint density at radius 1 is 1.17 bits per heavy atom. The number of hydrogen-bond acceptors (Lipinski definition) is 4. The van der Waals surface area contributed by atoms with Crippen LogP contribution in [-0.2, 0) is 6.42 Å². The van der Waals surface area contributed by atoms with Gasteiger partial charge in [-0.3, -0.25) is 9.59 Å². The van der Waals surface area contributed by atoms with Crippen molar-refractivity contribution in [2.45, 2.75) is 12.5 Å². The molecule has 1 aromatic carbocycles. The van der Waals surface area contributed by atoms with E-state index in [2.05, 4.69) is 0 Å². The second-order valence-electron chi connectivity index (χ2n) is 4.26. The molecule has 1 aliphatic carbocycles. The van der Waals surface area contributed by atoms with Gasteiger partial charge in [0, 0.05) is 16.9 Å². The molecule has 0 radical (unpaired) electrons. The van der Waals surface area contributed by atoms with E-state index in [9.17, 15) is 14.7 Å². The molecule has 0 aromatic heterocycles. The Labute approximate surface area is 110 Å². The summed E-state index contributed by atoms with van der Waals surface area (Å²) in [6, 6.07) is 5.18. The predicted molar refractivity (Wildman–Crippen MR) is 72.3 cm³/mol. The second-order valence-corrected chi connectivity index (χ2v) is 5.17. The molecule has 94 valence electrons. The fourth-order valence-corrected chi connectivity index (χ4v) is 2.49. The SMILES string of the molecule is CSCC(O)Cc1ccc2c(c1)C(=O)C=CC2=O. The fourth-order valence-electron chi connectivity index (χ4n) is 1.99. The van der Waals surface area contributed by atoms with Crippen LogP contribution in [0.3, 0.4) is 0 Å². The smallest absolute Gasteiger partial charge is 0.186 e. The van der Waals surface area contributed by atoms with Crippen LogP contribution >= 0.6 is 11.8 Å². The summed E-state index contributed by atoms with van der Waals surface area (Å²) < 4.78 is 0. The topological polar surface area (TPSA) is 54.4 Å². The molecular weight excluding hydrogens is 248 g/mol. The number of rotatable bonds is 4. The molecule has 1 unspecified atom stereocenters. The van der Waals surface area contributed by atoms with Crippen LogP contribution in [0.4, 0.5) is 0 Å². The van der Waals surface area contributed by atoms with Crippen molar-refractivity contribution in [2.24, 2.45) is 0 Å². The van der Waals surface area contributed by atoms with Gasteiger partial charge in [0.2, 0.25) is 0 Å². The number of hydrogen-bond donors (Lipinski definition) is 1. The summed E-state index contributed by atoms with van der Waals surface area (Å²) in [4.78, 5) is 23.3. The molecule has 2 rings (SSSR count). The van der Waals surface area contributed by atoms with E-state index >= 15 is 0 Å². The standard InChI is InChI=1S/C14H14O3S/c1-18-8-10(15)6-9-2-3-11-12(7-9)14(17)5-4-13(11)16/h2-5,7,10,15H,6,8H2,1H3. The van der Waals surface area contributed by atoms with E-state index in [1.165, 1.54) is 12.2 Å². The van der Waals surface area contributed by atoms with Crippen molar-refractivity contribution in [3.63, 3.8) is 0 Å². The molecule has 0 spiro atoms. The summed E-state index contributed by atoms with van der Waals surface area (Å²) in [5, 5.41) is 9.74. The van der Waals surface area contributed by atoms with E-state index in [0.29, 0.717) is 23.3 Å². The molecule has 1 aliphatic rings. The molecule has 0 amide bonds. The molecule has 0 saturated heterocycles. The van der Waals surface area contributed by atoms with Crippen molar-refractivity contribution < 1.29 is 14.7 Å². The van der Waals surface area contributed by atoms with Crippen LogP contribution < -0.4 is 0 Å². The van der Waals surface area contributed by atoms with E-state index in [-0.39, 0.29) is 11.6 Å². The number of thioether (sulfide) groups is 1. The average Bonchev–Trinajstić information content (AvgIpc) is 2.34. The Bertz CT molecular complexity index is 520. The van der Waals surface area contributed by atoms with Crippen LogP contribution in [0.2, 0.25) is 0 Å². The molecular formula is C14H14O3S. The number of allylic oxidation sites excluding steroid dienone is 2. The van der Waals surface area contributed by atoms with Gasteiger partial charge in [0.05, 0.1) is 6.10 Å². The highest BCUT2D eigenvalue weighted by Gasteiger charge is 2.19. The van der Waals surface area contributed by atoms with Crippen LogP contribution in [0, 0.1) is 0 Å². The lowest BCUT2D eigenvalue weighted by Gasteiger charge is -2.13. The Morgan fingerprint density at radius 2 is 1.83 bits per heavy atom. The lowest BCUT2D eigenvalue weighted by molar-refractivity contribution is 0.0994.